The number of hydrogen-bond donors (Lipinski definition) is 2. The van der Waals surface area contributed by atoms with Crippen LogP contribution in [-0.4, -0.2) is 11.8 Å². The van der Waals surface area contributed by atoms with Crippen LogP contribution < -0.4 is 20.7 Å². The van der Waals surface area contributed by atoms with Crippen LogP contribution in [0, 0.1) is 5.82 Å². The van der Waals surface area contributed by atoms with Gasteiger partial charge >= 0.3 is 0 Å². The molecule has 0 bridgehead atoms. The maximum atomic E-state index is 14.0. The minimum Gasteiger partial charge on any atom is -0.455 e. The second-order valence-corrected chi connectivity index (χ2v) is 10.9. The summed E-state index contributed by atoms with van der Waals surface area (Å²) in [6.07, 6.45) is -0.144. The van der Waals surface area contributed by atoms with Crippen molar-refractivity contribution in [1.29, 1.82) is 0 Å². The molecule has 5 aromatic rings. The molecule has 6 nitrogen and oxygen atoms in total. The zero-order valence-electron chi connectivity index (χ0n) is 25.0. The fourth-order valence-electron chi connectivity index (χ4n) is 4.86. The van der Waals surface area contributed by atoms with Gasteiger partial charge in [0.05, 0.1) is 12.2 Å². The molecule has 0 fully saturated rings. The molecule has 0 aromatic heterocycles. The molecular weight excluding hydrogens is 624 g/mol. The third-order valence-electron chi connectivity index (χ3n) is 7.28. The van der Waals surface area contributed by atoms with E-state index in [0.29, 0.717) is 34.3 Å². The topological polar surface area (TPSA) is 84.7 Å². The molecule has 0 saturated heterocycles. The van der Waals surface area contributed by atoms with Gasteiger partial charge in [0.25, 0.3) is 0 Å². The molecule has 0 unspecified atom stereocenters. The van der Waals surface area contributed by atoms with Crippen LogP contribution in [0.25, 0.3) is 11.1 Å². The van der Waals surface area contributed by atoms with E-state index in [1.54, 1.807) is 47.4 Å². The summed E-state index contributed by atoms with van der Waals surface area (Å²) in [4.78, 5) is 28.1. The molecule has 0 aliphatic heterocycles. The average Bonchev–Trinajstić information content (AvgIpc) is 3.07. The lowest BCUT2D eigenvalue weighted by atomic mass is 10.0. The number of nitrogens with zero attached hydrogens (tertiary/aromatic N) is 1. The van der Waals surface area contributed by atoms with E-state index in [9.17, 15) is 14.0 Å². The van der Waals surface area contributed by atoms with Gasteiger partial charge in [-0.1, -0.05) is 96.5 Å². The van der Waals surface area contributed by atoms with Crippen molar-refractivity contribution in [3.63, 3.8) is 0 Å². The Labute approximate surface area is 279 Å². The number of rotatable bonds is 12. The molecule has 0 radical (unpaired) electrons. The Morgan fingerprint density at radius 1 is 0.783 bits per heavy atom. The van der Waals surface area contributed by atoms with Gasteiger partial charge < -0.3 is 20.7 Å². The number of carbonyl (C=O) groups excluding carboxylic acids is 2. The minimum atomic E-state index is -0.398. The van der Waals surface area contributed by atoms with Gasteiger partial charge in [-0.15, -0.1) is 12.4 Å². The number of nitrogens with one attached hydrogen (secondary N) is 1. The van der Waals surface area contributed by atoms with Crippen molar-refractivity contribution in [2.75, 3.05) is 4.90 Å². The van der Waals surface area contributed by atoms with Gasteiger partial charge in [-0.05, 0) is 52.6 Å². The minimum absolute atomic E-state index is 0. The Kier molecular flexibility index (Phi) is 12.3. The SMILES string of the molecule is Cl.NCc1cccc(Oc2cc(Cl)ccc2N(Cc2ccc(-c3ccccc3)cc2)C(=O)CCC(=O)NCc2ccccc2F)c1. The number of carbonyl (C=O) groups is 2. The second-order valence-electron chi connectivity index (χ2n) is 10.5. The van der Waals surface area contributed by atoms with Crippen molar-refractivity contribution in [1.82, 2.24) is 5.32 Å². The van der Waals surface area contributed by atoms with Crippen LogP contribution in [0.3, 0.4) is 0 Å². The quantitative estimate of drug-likeness (QED) is 0.141. The van der Waals surface area contributed by atoms with E-state index in [1.165, 1.54) is 6.07 Å². The molecule has 236 valence electrons. The maximum Gasteiger partial charge on any atom is 0.227 e. The molecule has 0 heterocycles. The highest BCUT2D eigenvalue weighted by Gasteiger charge is 2.22. The van der Waals surface area contributed by atoms with Gasteiger partial charge in [0, 0.05) is 42.6 Å². The van der Waals surface area contributed by atoms with Gasteiger partial charge in [-0.3, -0.25) is 9.59 Å². The fourth-order valence-corrected chi connectivity index (χ4v) is 5.02. The van der Waals surface area contributed by atoms with E-state index in [2.05, 4.69) is 5.32 Å². The van der Waals surface area contributed by atoms with Crippen LogP contribution in [0.15, 0.2) is 121 Å². The van der Waals surface area contributed by atoms with Crippen molar-refractivity contribution in [2.24, 2.45) is 5.73 Å². The summed E-state index contributed by atoms with van der Waals surface area (Å²) in [7, 11) is 0. The largest absolute Gasteiger partial charge is 0.455 e. The molecule has 0 spiro atoms. The first-order valence-corrected chi connectivity index (χ1v) is 15.0. The van der Waals surface area contributed by atoms with Crippen LogP contribution in [0.5, 0.6) is 11.5 Å². The lowest BCUT2D eigenvalue weighted by Crippen LogP contribution is -2.32. The third-order valence-corrected chi connectivity index (χ3v) is 7.51. The molecule has 0 aliphatic rings. The van der Waals surface area contributed by atoms with Gasteiger partial charge in [-0.25, -0.2) is 4.39 Å². The number of halogens is 3. The van der Waals surface area contributed by atoms with Crippen LogP contribution in [0.1, 0.15) is 29.5 Å². The van der Waals surface area contributed by atoms with Crippen molar-refractivity contribution in [3.8, 4) is 22.6 Å². The zero-order chi connectivity index (χ0) is 31.6. The number of hydrogen-bond acceptors (Lipinski definition) is 4. The van der Waals surface area contributed by atoms with Crippen LogP contribution in [0.2, 0.25) is 5.02 Å². The standard InChI is InChI=1S/C37H33ClFN3O3.ClH/c38-31-17-18-34(35(22-31)45-32-11-6-7-27(21-32)23-40)42(25-26-13-15-29(16-14-26)28-8-2-1-3-9-28)37(44)20-19-36(43)41-24-30-10-4-5-12-33(30)39;/h1-18,21-22H,19-20,23-25,40H2,(H,41,43);1H. The number of anilines is 1. The molecular formula is C37H34Cl2FN3O3. The lowest BCUT2D eigenvalue weighted by molar-refractivity contribution is -0.125. The van der Waals surface area contributed by atoms with Crippen molar-refractivity contribution < 1.29 is 18.7 Å². The van der Waals surface area contributed by atoms with E-state index < -0.39 is 5.82 Å². The molecule has 5 rings (SSSR count). The summed E-state index contributed by atoms with van der Waals surface area (Å²) in [5.74, 6) is -0.106. The lowest BCUT2D eigenvalue weighted by Gasteiger charge is -2.26. The first kappa shape index (κ1) is 34.2. The maximum absolute atomic E-state index is 14.0. The predicted octanol–water partition coefficient (Wildman–Crippen LogP) is 8.45. The zero-order valence-corrected chi connectivity index (χ0v) is 26.6. The molecule has 9 heteroatoms. The smallest absolute Gasteiger partial charge is 0.227 e. The average molecular weight is 659 g/mol. The Balaban J connectivity index is 0.00000480. The Hall–Kier alpha value is -4.69. The molecule has 0 atom stereocenters. The Bertz CT molecular complexity index is 1770. The number of benzene rings is 5. The summed E-state index contributed by atoms with van der Waals surface area (Å²) in [6, 6.07) is 36.7. The van der Waals surface area contributed by atoms with Gasteiger partial charge in [0.15, 0.2) is 5.75 Å². The molecule has 2 amide bonds. The van der Waals surface area contributed by atoms with Crippen molar-refractivity contribution in [3.05, 3.63) is 149 Å². The summed E-state index contributed by atoms with van der Waals surface area (Å²) >= 11 is 6.38. The number of nitrogens with two attached hydrogens (primary N) is 1. The van der Waals surface area contributed by atoms with Gasteiger partial charge in [0.1, 0.15) is 11.6 Å². The first-order valence-electron chi connectivity index (χ1n) is 14.6. The molecule has 0 aliphatic carbocycles. The molecule has 46 heavy (non-hydrogen) atoms. The Morgan fingerprint density at radius 3 is 2.24 bits per heavy atom. The van der Waals surface area contributed by atoms with E-state index in [0.717, 1.165) is 22.3 Å². The number of amides is 2. The molecule has 3 N–H and O–H groups in total. The van der Waals surface area contributed by atoms with E-state index in [-0.39, 0.29) is 50.2 Å². The van der Waals surface area contributed by atoms with E-state index in [4.69, 9.17) is 22.1 Å². The Morgan fingerprint density at radius 2 is 1.50 bits per heavy atom. The fraction of sp³-hybridized carbons (Fsp3) is 0.135. The van der Waals surface area contributed by atoms with Crippen molar-refractivity contribution in [2.45, 2.75) is 32.5 Å². The highest BCUT2D eigenvalue weighted by molar-refractivity contribution is 6.30. The van der Waals surface area contributed by atoms with Crippen LogP contribution >= 0.6 is 24.0 Å². The first-order chi connectivity index (χ1) is 21.9. The summed E-state index contributed by atoms with van der Waals surface area (Å²) in [5.41, 5.74) is 10.6. The third kappa shape index (κ3) is 9.17. The van der Waals surface area contributed by atoms with Gasteiger partial charge in [-0.2, -0.15) is 0 Å². The monoisotopic (exact) mass is 657 g/mol. The summed E-state index contributed by atoms with van der Waals surface area (Å²) in [6.45, 7) is 0.613. The van der Waals surface area contributed by atoms with Crippen LogP contribution in [-0.2, 0) is 29.2 Å². The van der Waals surface area contributed by atoms with Crippen molar-refractivity contribution >= 4 is 41.5 Å². The number of ether oxygens (including phenoxy) is 1. The molecule has 5 aromatic carbocycles. The normalized spacial score (nSPS) is 10.5. The second kappa shape index (κ2) is 16.6. The van der Waals surface area contributed by atoms with Gasteiger partial charge in [0.2, 0.25) is 11.8 Å². The molecule has 0 saturated carbocycles. The van der Waals surface area contributed by atoms with Crippen LogP contribution in [0.4, 0.5) is 10.1 Å². The van der Waals surface area contributed by atoms with E-state index >= 15 is 0 Å². The highest BCUT2D eigenvalue weighted by Crippen LogP contribution is 2.36. The highest BCUT2D eigenvalue weighted by atomic mass is 35.5. The summed E-state index contributed by atoms with van der Waals surface area (Å²) < 4.78 is 20.3. The van der Waals surface area contributed by atoms with E-state index in [1.807, 2.05) is 72.8 Å². The predicted molar refractivity (Wildman–Crippen MR) is 184 cm³/mol. The summed E-state index contributed by atoms with van der Waals surface area (Å²) in [5, 5.41) is 3.15.